The minimum atomic E-state index is -0.832. The summed E-state index contributed by atoms with van der Waals surface area (Å²) in [5.41, 5.74) is 1.64. The number of carboxylic acids is 1. The van der Waals surface area contributed by atoms with Crippen LogP contribution in [0.25, 0.3) is 0 Å². The highest BCUT2D eigenvalue weighted by atomic mass is 16.4. The molecule has 1 saturated heterocycles. The number of likely N-dealkylation sites (tertiary alicyclic amines) is 1. The summed E-state index contributed by atoms with van der Waals surface area (Å²) in [6.45, 7) is 0.866. The maximum atomic E-state index is 12.3. The topological polar surface area (TPSA) is 72.9 Å². The Labute approximate surface area is 124 Å². The summed E-state index contributed by atoms with van der Waals surface area (Å²) in [6.07, 6.45) is 1.35. The molecule has 114 valence electrons. The number of hydrogen-bond acceptors (Lipinski definition) is 3. The van der Waals surface area contributed by atoms with Crippen molar-refractivity contribution in [1.82, 2.24) is 4.90 Å². The Morgan fingerprint density at radius 1 is 1.33 bits per heavy atom. The zero-order chi connectivity index (χ0) is 15.4. The van der Waals surface area contributed by atoms with Gasteiger partial charge in [-0.15, -0.1) is 0 Å². The minimum absolute atomic E-state index is 0.241. The highest BCUT2D eigenvalue weighted by molar-refractivity contribution is 5.93. The molecule has 0 aromatic heterocycles. The Morgan fingerprint density at radius 2 is 2.05 bits per heavy atom. The van der Waals surface area contributed by atoms with E-state index in [0.717, 1.165) is 17.8 Å². The summed E-state index contributed by atoms with van der Waals surface area (Å²) in [5, 5.41) is 12.0. The second-order valence-corrected chi connectivity index (χ2v) is 5.47. The van der Waals surface area contributed by atoms with E-state index in [1.165, 1.54) is 0 Å². The Hall–Kier alpha value is -2.24. The Kier molecular flexibility index (Phi) is 4.67. The monoisotopic (exact) mass is 291 g/mol. The van der Waals surface area contributed by atoms with E-state index in [2.05, 4.69) is 5.32 Å². The van der Waals surface area contributed by atoms with Gasteiger partial charge in [0.1, 0.15) is 0 Å². The van der Waals surface area contributed by atoms with Crippen LogP contribution in [0.2, 0.25) is 0 Å². The van der Waals surface area contributed by atoms with Gasteiger partial charge in [0.05, 0.1) is 17.3 Å². The number of nitrogens with zero attached hydrogens (tertiary/aromatic N) is 2. The molecule has 0 spiro atoms. The molecule has 2 N–H and O–H groups in total. The van der Waals surface area contributed by atoms with Gasteiger partial charge >= 0.3 is 12.0 Å². The van der Waals surface area contributed by atoms with Crippen molar-refractivity contribution in [1.29, 1.82) is 0 Å². The molecular formula is C15H21N3O3. The minimum Gasteiger partial charge on any atom is -0.481 e. The number of carboxylic acid groups (broad SMARTS) is 1. The van der Waals surface area contributed by atoms with Gasteiger partial charge in [0.25, 0.3) is 0 Å². The zero-order valence-corrected chi connectivity index (χ0v) is 12.4. The zero-order valence-electron chi connectivity index (χ0n) is 12.4. The number of nitrogens with one attached hydrogen (secondary N) is 1. The van der Waals surface area contributed by atoms with E-state index in [-0.39, 0.29) is 12.6 Å². The number of hydrogen-bond donors (Lipinski definition) is 2. The summed E-state index contributed by atoms with van der Waals surface area (Å²) >= 11 is 0. The van der Waals surface area contributed by atoms with Crippen molar-refractivity contribution in [2.75, 3.05) is 37.4 Å². The van der Waals surface area contributed by atoms with Crippen molar-refractivity contribution in [3.05, 3.63) is 24.3 Å². The first-order valence-corrected chi connectivity index (χ1v) is 7.04. The highest BCUT2D eigenvalue weighted by Crippen LogP contribution is 2.24. The summed E-state index contributed by atoms with van der Waals surface area (Å²) < 4.78 is 0. The molecule has 2 amide bonds. The third kappa shape index (κ3) is 3.65. The maximum absolute atomic E-state index is 12.3. The number of amides is 2. The van der Waals surface area contributed by atoms with Gasteiger partial charge in [-0.25, -0.2) is 4.79 Å². The van der Waals surface area contributed by atoms with E-state index < -0.39 is 11.9 Å². The van der Waals surface area contributed by atoms with Crippen LogP contribution in [0.1, 0.15) is 12.8 Å². The Morgan fingerprint density at radius 3 is 2.71 bits per heavy atom. The lowest BCUT2D eigenvalue weighted by Crippen LogP contribution is -2.44. The first kappa shape index (κ1) is 15.2. The van der Waals surface area contributed by atoms with Gasteiger partial charge < -0.3 is 20.2 Å². The molecule has 1 aliphatic heterocycles. The van der Waals surface area contributed by atoms with Gasteiger partial charge in [0, 0.05) is 27.2 Å². The standard InChI is InChI=1S/C15H21N3O3/c1-17(2)13-8-4-3-7-12(13)16-15(21)18-9-5-6-11(10-18)14(19)20/h3-4,7-8,11H,5-6,9-10H2,1-2H3,(H,16,21)(H,19,20). The van der Waals surface area contributed by atoms with E-state index >= 15 is 0 Å². The predicted octanol–water partition coefficient (Wildman–Crippen LogP) is 2.08. The van der Waals surface area contributed by atoms with Crippen molar-refractivity contribution in [2.24, 2.45) is 5.92 Å². The predicted molar refractivity (Wildman–Crippen MR) is 81.7 cm³/mol. The molecule has 1 heterocycles. The van der Waals surface area contributed by atoms with Crippen LogP contribution in [0.4, 0.5) is 16.2 Å². The van der Waals surface area contributed by atoms with Gasteiger partial charge in [-0.3, -0.25) is 4.79 Å². The molecule has 1 atom stereocenters. The first-order chi connectivity index (χ1) is 9.99. The molecule has 1 unspecified atom stereocenters. The molecular weight excluding hydrogens is 270 g/mol. The van der Waals surface area contributed by atoms with Crippen LogP contribution >= 0.6 is 0 Å². The molecule has 6 nitrogen and oxygen atoms in total. The van der Waals surface area contributed by atoms with E-state index in [9.17, 15) is 9.59 Å². The van der Waals surface area contributed by atoms with Gasteiger partial charge in [-0.2, -0.15) is 0 Å². The molecule has 1 fully saturated rings. The average Bonchev–Trinajstić information content (AvgIpc) is 2.47. The van der Waals surface area contributed by atoms with Crippen LogP contribution in [0.15, 0.2) is 24.3 Å². The Bertz CT molecular complexity index is 531. The van der Waals surface area contributed by atoms with Gasteiger partial charge in [-0.1, -0.05) is 12.1 Å². The molecule has 0 aliphatic carbocycles. The van der Waals surface area contributed by atoms with Crippen molar-refractivity contribution in [3.63, 3.8) is 0 Å². The van der Waals surface area contributed by atoms with Gasteiger partial charge in [0.2, 0.25) is 0 Å². The fourth-order valence-corrected chi connectivity index (χ4v) is 2.53. The second kappa shape index (κ2) is 6.47. The van der Waals surface area contributed by atoms with E-state index in [1.807, 2.05) is 43.3 Å². The quantitative estimate of drug-likeness (QED) is 0.894. The fourth-order valence-electron chi connectivity index (χ4n) is 2.53. The molecule has 1 aliphatic rings. The molecule has 2 rings (SSSR count). The van der Waals surface area contributed by atoms with Crippen molar-refractivity contribution in [2.45, 2.75) is 12.8 Å². The fraction of sp³-hybridized carbons (Fsp3) is 0.467. The van der Waals surface area contributed by atoms with Crippen LogP contribution in [-0.4, -0.2) is 49.2 Å². The second-order valence-electron chi connectivity index (χ2n) is 5.47. The number of carbonyl (C=O) groups excluding carboxylic acids is 1. The Balaban J connectivity index is 2.06. The summed E-state index contributed by atoms with van der Waals surface area (Å²) in [4.78, 5) is 26.9. The number of anilines is 2. The smallest absolute Gasteiger partial charge is 0.321 e. The lowest BCUT2D eigenvalue weighted by atomic mass is 9.99. The number of urea groups is 1. The average molecular weight is 291 g/mol. The lowest BCUT2D eigenvalue weighted by molar-refractivity contribution is -0.143. The number of para-hydroxylation sites is 2. The molecule has 0 radical (unpaired) electrons. The number of piperidine rings is 1. The van der Waals surface area contributed by atoms with E-state index in [1.54, 1.807) is 4.90 Å². The largest absolute Gasteiger partial charge is 0.481 e. The molecule has 0 saturated carbocycles. The molecule has 1 aromatic carbocycles. The number of carbonyl (C=O) groups is 2. The lowest BCUT2D eigenvalue weighted by Gasteiger charge is -2.31. The van der Waals surface area contributed by atoms with Crippen molar-refractivity contribution < 1.29 is 14.7 Å². The molecule has 6 heteroatoms. The number of benzene rings is 1. The van der Waals surface area contributed by atoms with Crippen LogP contribution in [0, 0.1) is 5.92 Å². The SMILES string of the molecule is CN(C)c1ccccc1NC(=O)N1CCCC(C(=O)O)C1. The van der Waals surface area contributed by atoms with E-state index in [4.69, 9.17) is 5.11 Å². The van der Waals surface area contributed by atoms with Gasteiger partial charge in [-0.05, 0) is 25.0 Å². The highest BCUT2D eigenvalue weighted by Gasteiger charge is 2.28. The molecule has 21 heavy (non-hydrogen) atoms. The summed E-state index contributed by atoms with van der Waals surface area (Å²) in [5.74, 6) is -1.30. The summed E-state index contributed by atoms with van der Waals surface area (Å²) in [6, 6.07) is 7.29. The maximum Gasteiger partial charge on any atom is 0.321 e. The summed E-state index contributed by atoms with van der Waals surface area (Å²) in [7, 11) is 3.82. The van der Waals surface area contributed by atoms with Crippen molar-refractivity contribution >= 4 is 23.4 Å². The third-order valence-electron chi connectivity index (χ3n) is 3.69. The number of rotatable bonds is 3. The van der Waals surface area contributed by atoms with Crippen LogP contribution in [-0.2, 0) is 4.79 Å². The van der Waals surface area contributed by atoms with Crippen LogP contribution in [0.3, 0.4) is 0 Å². The van der Waals surface area contributed by atoms with E-state index in [0.29, 0.717) is 13.0 Å². The normalized spacial score (nSPS) is 18.2. The first-order valence-electron chi connectivity index (χ1n) is 7.04. The molecule has 0 bridgehead atoms. The van der Waals surface area contributed by atoms with Crippen LogP contribution < -0.4 is 10.2 Å². The van der Waals surface area contributed by atoms with Gasteiger partial charge in [0.15, 0.2) is 0 Å². The van der Waals surface area contributed by atoms with Crippen molar-refractivity contribution in [3.8, 4) is 0 Å². The molecule has 1 aromatic rings. The number of aliphatic carboxylic acids is 1. The third-order valence-corrected chi connectivity index (χ3v) is 3.69. The van der Waals surface area contributed by atoms with Crippen LogP contribution in [0.5, 0.6) is 0 Å².